The van der Waals surface area contributed by atoms with E-state index >= 15 is 0 Å². The Morgan fingerprint density at radius 3 is 2.77 bits per heavy atom. The van der Waals surface area contributed by atoms with Gasteiger partial charge in [0.2, 0.25) is 0 Å². The summed E-state index contributed by atoms with van der Waals surface area (Å²) in [5.74, 6) is 1.46. The van der Waals surface area contributed by atoms with Crippen LogP contribution >= 0.6 is 11.6 Å². The molecule has 0 heterocycles. The summed E-state index contributed by atoms with van der Waals surface area (Å²) in [6, 6.07) is 0. The van der Waals surface area contributed by atoms with Gasteiger partial charge in [0, 0.05) is 11.0 Å². The fourth-order valence-electron chi connectivity index (χ4n) is 3.19. The maximum atomic E-state index is 11.1. The summed E-state index contributed by atoms with van der Waals surface area (Å²) in [6.07, 6.45) is 8.92. The van der Waals surface area contributed by atoms with E-state index in [2.05, 4.69) is 0 Å². The average Bonchev–Trinajstić information content (AvgIpc) is 2.74. The molecular weight excluding hydrogens is 184 g/mol. The number of halogens is 1. The molecule has 0 aliphatic heterocycles. The highest BCUT2D eigenvalue weighted by molar-refractivity contribution is 6.25. The summed E-state index contributed by atoms with van der Waals surface area (Å²) in [6.45, 7) is 0. The maximum absolute atomic E-state index is 11.1. The fraction of sp³-hybridized carbons (Fsp3) is 0.727. The second-order valence-corrected chi connectivity index (χ2v) is 4.75. The Labute approximate surface area is 84.2 Å². The lowest BCUT2D eigenvalue weighted by atomic mass is 9.72. The molecule has 2 fully saturated rings. The summed E-state index contributed by atoms with van der Waals surface area (Å²) in [5, 5.41) is 0. The zero-order valence-corrected chi connectivity index (χ0v) is 8.46. The van der Waals surface area contributed by atoms with Gasteiger partial charge in [0.15, 0.2) is 0 Å². The average molecular weight is 199 g/mol. The van der Waals surface area contributed by atoms with E-state index in [4.69, 9.17) is 11.6 Å². The van der Waals surface area contributed by atoms with Crippen LogP contribution in [-0.2, 0) is 4.79 Å². The van der Waals surface area contributed by atoms with E-state index in [-0.39, 0.29) is 5.41 Å². The predicted octanol–water partition coefficient (Wildman–Crippen LogP) is 3.13. The topological polar surface area (TPSA) is 17.1 Å². The molecule has 2 aliphatic carbocycles. The predicted molar refractivity (Wildman–Crippen MR) is 53.6 cm³/mol. The summed E-state index contributed by atoms with van der Waals surface area (Å²) in [4.78, 5) is 11.1. The molecule has 2 heteroatoms. The monoisotopic (exact) mass is 198 g/mol. The normalized spacial score (nSPS) is 43.2. The van der Waals surface area contributed by atoms with Crippen molar-refractivity contribution in [3.8, 4) is 0 Å². The lowest BCUT2D eigenvalue weighted by molar-refractivity contribution is -0.118. The zero-order valence-electron chi connectivity index (χ0n) is 7.71. The first-order valence-electron chi connectivity index (χ1n) is 5.02. The third kappa shape index (κ3) is 1.43. The largest absolute Gasteiger partial charge is 0.303 e. The van der Waals surface area contributed by atoms with E-state index < -0.39 is 0 Å². The molecule has 0 aromatic rings. The Balaban J connectivity index is 2.12. The molecule has 0 amide bonds. The van der Waals surface area contributed by atoms with E-state index in [1.54, 1.807) is 0 Å². The molecule has 2 bridgehead atoms. The number of fused-ring (bicyclic) bond motifs is 2. The molecule has 3 unspecified atom stereocenters. The van der Waals surface area contributed by atoms with Crippen LogP contribution in [0.5, 0.6) is 0 Å². The second kappa shape index (κ2) is 3.45. The van der Waals surface area contributed by atoms with Gasteiger partial charge in [-0.3, -0.25) is 0 Å². The van der Waals surface area contributed by atoms with Gasteiger partial charge in [-0.25, -0.2) is 0 Å². The molecule has 0 spiro atoms. The van der Waals surface area contributed by atoms with Crippen LogP contribution in [0.2, 0.25) is 0 Å². The molecule has 2 aliphatic rings. The Morgan fingerprint density at radius 2 is 2.31 bits per heavy atom. The van der Waals surface area contributed by atoms with Crippen molar-refractivity contribution in [2.24, 2.45) is 17.3 Å². The highest BCUT2D eigenvalue weighted by Gasteiger charge is 2.49. The van der Waals surface area contributed by atoms with Gasteiger partial charge in [0.25, 0.3) is 0 Å². The van der Waals surface area contributed by atoms with Gasteiger partial charge in [-0.05, 0) is 37.5 Å². The van der Waals surface area contributed by atoms with Crippen LogP contribution in [0.3, 0.4) is 0 Å². The van der Waals surface area contributed by atoms with E-state index in [1.165, 1.54) is 31.1 Å². The summed E-state index contributed by atoms with van der Waals surface area (Å²) in [7, 11) is 0. The molecule has 72 valence electrons. The number of carbonyl (C=O) groups is 1. The molecule has 0 radical (unpaired) electrons. The molecular formula is C11H15ClO. The highest BCUT2D eigenvalue weighted by Crippen LogP contribution is 2.56. The van der Waals surface area contributed by atoms with Crippen LogP contribution in [0.15, 0.2) is 11.6 Å². The van der Waals surface area contributed by atoms with Crippen LogP contribution in [0.4, 0.5) is 0 Å². The maximum Gasteiger partial charge on any atom is 0.126 e. The van der Waals surface area contributed by atoms with E-state index in [0.29, 0.717) is 5.92 Å². The molecule has 1 nitrogen and oxygen atoms in total. The minimum atomic E-state index is -0.0473. The highest BCUT2D eigenvalue weighted by atomic mass is 35.5. The van der Waals surface area contributed by atoms with Crippen LogP contribution < -0.4 is 0 Å². The van der Waals surface area contributed by atoms with Crippen molar-refractivity contribution in [2.75, 3.05) is 0 Å². The van der Waals surface area contributed by atoms with Gasteiger partial charge < -0.3 is 4.79 Å². The Morgan fingerprint density at radius 1 is 1.46 bits per heavy atom. The van der Waals surface area contributed by atoms with Gasteiger partial charge in [0.1, 0.15) is 6.29 Å². The van der Waals surface area contributed by atoms with Crippen molar-refractivity contribution in [1.29, 1.82) is 0 Å². The Bertz CT molecular complexity index is 236. The number of rotatable bonds is 3. The SMILES string of the molecule is O=CC1(C/C=C/Cl)CC2CCC1C2. The van der Waals surface area contributed by atoms with Gasteiger partial charge in [0.05, 0.1) is 0 Å². The number of hydrogen-bond donors (Lipinski definition) is 0. The standard InChI is InChI=1S/C11H15ClO/c12-5-1-4-11(8-13)7-9-2-3-10(11)6-9/h1,5,8-10H,2-4,6-7H2/b5-1+. The molecule has 0 saturated heterocycles. The van der Waals surface area contributed by atoms with Gasteiger partial charge >= 0.3 is 0 Å². The third-order valence-corrected chi connectivity index (χ3v) is 4.02. The van der Waals surface area contributed by atoms with Crippen molar-refractivity contribution < 1.29 is 4.79 Å². The second-order valence-electron chi connectivity index (χ2n) is 4.50. The van der Waals surface area contributed by atoms with Gasteiger partial charge in [-0.15, -0.1) is 0 Å². The molecule has 0 N–H and O–H groups in total. The summed E-state index contributed by atoms with van der Waals surface area (Å²) < 4.78 is 0. The third-order valence-electron chi connectivity index (χ3n) is 3.84. The Hall–Kier alpha value is -0.300. The van der Waals surface area contributed by atoms with Gasteiger partial charge in [-0.1, -0.05) is 24.1 Å². The quantitative estimate of drug-likeness (QED) is 0.637. The molecule has 13 heavy (non-hydrogen) atoms. The molecule has 0 aromatic heterocycles. The Kier molecular flexibility index (Phi) is 2.46. The van der Waals surface area contributed by atoms with Crippen LogP contribution in [0, 0.1) is 17.3 Å². The minimum absolute atomic E-state index is 0.0473. The minimum Gasteiger partial charge on any atom is -0.303 e. The van der Waals surface area contributed by atoms with Crippen molar-refractivity contribution in [3.63, 3.8) is 0 Å². The number of allylic oxidation sites excluding steroid dienone is 1. The molecule has 2 saturated carbocycles. The fourth-order valence-corrected chi connectivity index (χ4v) is 3.28. The molecule has 3 atom stereocenters. The van der Waals surface area contributed by atoms with E-state index in [1.807, 2.05) is 6.08 Å². The first kappa shape index (κ1) is 9.26. The lowest BCUT2D eigenvalue weighted by Crippen LogP contribution is -2.28. The molecule has 0 aromatic carbocycles. The summed E-state index contributed by atoms with van der Waals surface area (Å²) in [5.41, 5.74) is 1.49. The van der Waals surface area contributed by atoms with Crippen LogP contribution in [-0.4, -0.2) is 6.29 Å². The number of aldehydes is 1. The first-order chi connectivity index (χ1) is 6.30. The molecule has 2 rings (SSSR count). The van der Waals surface area contributed by atoms with E-state index in [0.717, 1.165) is 18.8 Å². The lowest BCUT2D eigenvalue weighted by Gasteiger charge is -2.31. The zero-order chi connectivity index (χ0) is 9.31. The van der Waals surface area contributed by atoms with Crippen LogP contribution in [0.25, 0.3) is 0 Å². The van der Waals surface area contributed by atoms with Crippen LogP contribution in [0.1, 0.15) is 32.1 Å². The van der Waals surface area contributed by atoms with E-state index in [9.17, 15) is 4.79 Å². The van der Waals surface area contributed by atoms with Crippen molar-refractivity contribution in [3.05, 3.63) is 11.6 Å². The van der Waals surface area contributed by atoms with Crippen molar-refractivity contribution in [1.82, 2.24) is 0 Å². The number of carbonyl (C=O) groups excluding carboxylic acids is 1. The summed E-state index contributed by atoms with van der Waals surface area (Å²) >= 11 is 5.50. The van der Waals surface area contributed by atoms with Crippen molar-refractivity contribution >= 4 is 17.9 Å². The van der Waals surface area contributed by atoms with Crippen molar-refractivity contribution in [2.45, 2.75) is 32.1 Å². The number of hydrogen-bond acceptors (Lipinski definition) is 1. The van der Waals surface area contributed by atoms with Gasteiger partial charge in [-0.2, -0.15) is 0 Å². The first-order valence-corrected chi connectivity index (χ1v) is 5.46. The smallest absolute Gasteiger partial charge is 0.126 e.